The first-order chi connectivity index (χ1) is 30.9. The summed E-state index contributed by atoms with van der Waals surface area (Å²) in [5.74, 6) is 0. The number of aryl methyl sites for hydroxylation is 2. The lowest BCUT2D eigenvalue weighted by molar-refractivity contribution is 1.18. The second kappa shape index (κ2) is 17.8. The van der Waals surface area contributed by atoms with E-state index in [0.29, 0.717) is 0 Å². The normalized spacial score (nSPS) is 11.8. The Labute approximate surface area is 368 Å². The number of aromatic amines is 2. The maximum Gasteiger partial charge on any atom is 0.0737 e. The van der Waals surface area contributed by atoms with Gasteiger partial charge in [-0.05, 0) is 120 Å². The molecule has 1 aliphatic rings. The molecule has 4 bridgehead atoms. The summed E-state index contributed by atoms with van der Waals surface area (Å²) in [4.78, 5) is 23.5. The number of para-hydroxylation sites is 1. The van der Waals surface area contributed by atoms with E-state index in [9.17, 15) is 0 Å². The van der Waals surface area contributed by atoms with Gasteiger partial charge >= 0.3 is 0 Å². The van der Waals surface area contributed by atoms with Gasteiger partial charge in [0.05, 0.1) is 22.6 Å². The van der Waals surface area contributed by atoms with Gasteiger partial charge in [0, 0.05) is 68.0 Å². The fourth-order valence-electron chi connectivity index (χ4n) is 8.33. The Hall–Kier alpha value is -8.15. The van der Waals surface area contributed by atoms with Crippen molar-refractivity contribution in [3.05, 3.63) is 222 Å². The van der Waals surface area contributed by atoms with Crippen LogP contribution in [-0.2, 0) is 0 Å². The number of hydrogen-bond acceptors (Lipinski definition) is 3. The number of rotatable bonds is 8. The average Bonchev–Trinajstić information content (AvgIpc) is 4.00. The third-order valence-electron chi connectivity index (χ3n) is 11.5. The number of H-pyrrole nitrogens is 2. The third-order valence-corrected chi connectivity index (χ3v) is 11.5. The van der Waals surface area contributed by atoms with Crippen LogP contribution in [0.1, 0.15) is 52.1 Å². The summed E-state index contributed by atoms with van der Waals surface area (Å²) in [6.07, 6.45) is 18.2. The number of benzene rings is 5. The van der Waals surface area contributed by atoms with Crippen LogP contribution in [0.25, 0.3) is 102 Å². The molecule has 0 atom stereocenters. The smallest absolute Gasteiger partial charge is 0.0737 e. The highest BCUT2D eigenvalue weighted by molar-refractivity contribution is 6.00. The number of aromatic nitrogens is 5. The first kappa shape index (κ1) is 40.3. The van der Waals surface area contributed by atoms with Crippen molar-refractivity contribution in [1.82, 2.24) is 24.9 Å². The first-order valence-corrected chi connectivity index (χ1v) is 21.2. The largest absolute Gasteiger partial charge is 0.358 e. The lowest BCUT2D eigenvalue weighted by Crippen LogP contribution is -1.95. The van der Waals surface area contributed by atoms with Gasteiger partial charge in [-0.15, -0.1) is 0 Å². The Morgan fingerprint density at radius 2 is 1.32 bits per heavy atom. The van der Waals surface area contributed by atoms with Crippen LogP contribution in [-0.4, -0.2) is 24.9 Å². The standard InChI is InChI=1S/C58H47N5/c1-6-18-51-57(46-28-27-41-20-14-15-24-44(41)34-46)54-31-29-52(62-54)56(40(7-2)33-43-23-13-12-19-38(43)4)53-30-32-55(63-53)58(47-35-45-25-16-17-26-50(45)59-36-47)49(8-3)61-39(5)48(37-60-51)42-21-10-9-11-22-42/h6-37,61-62H,2-3H2,1,4-5H3/b18-6-,40-33+,48-39?,56-53?,57-51?,58-49?,60-37?. The molecule has 0 aliphatic carbocycles. The van der Waals surface area contributed by atoms with Crippen molar-refractivity contribution in [3.63, 3.8) is 0 Å². The van der Waals surface area contributed by atoms with Crippen molar-refractivity contribution in [3.8, 4) is 33.4 Å². The molecule has 9 rings (SSSR count). The monoisotopic (exact) mass is 813 g/mol. The van der Waals surface area contributed by atoms with E-state index in [1.165, 1.54) is 10.9 Å². The molecule has 304 valence electrons. The van der Waals surface area contributed by atoms with Crippen LogP contribution >= 0.6 is 0 Å². The molecule has 0 amide bonds. The second-order valence-electron chi connectivity index (χ2n) is 15.6. The predicted molar refractivity (Wildman–Crippen MR) is 269 cm³/mol. The molecule has 0 saturated heterocycles. The summed E-state index contributed by atoms with van der Waals surface area (Å²) >= 11 is 0. The highest BCUT2D eigenvalue weighted by atomic mass is 14.8. The molecule has 5 heteroatoms. The van der Waals surface area contributed by atoms with Crippen LogP contribution in [0.5, 0.6) is 0 Å². The molecule has 63 heavy (non-hydrogen) atoms. The van der Waals surface area contributed by atoms with Gasteiger partial charge in [-0.1, -0.05) is 135 Å². The van der Waals surface area contributed by atoms with E-state index in [4.69, 9.17) is 15.0 Å². The minimum atomic E-state index is 0.773. The summed E-state index contributed by atoms with van der Waals surface area (Å²) in [7, 11) is 0. The van der Waals surface area contributed by atoms with Crippen molar-refractivity contribution < 1.29 is 0 Å². The Balaban J connectivity index is 1.48. The van der Waals surface area contributed by atoms with Gasteiger partial charge in [0.25, 0.3) is 0 Å². The molecule has 3 aromatic heterocycles. The second-order valence-corrected chi connectivity index (χ2v) is 15.6. The molecule has 0 unspecified atom stereocenters. The number of fused-ring (bicyclic) bond motifs is 6. The molecule has 8 aromatic rings. The predicted octanol–water partition coefficient (Wildman–Crippen LogP) is 15.3. The Morgan fingerprint density at radius 3 is 2.11 bits per heavy atom. The van der Waals surface area contributed by atoms with E-state index in [1.54, 1.807) is 0 Å². The summed E-state index contributed by atoms with van der Waals surface area (Å²) in [6.45, 7) is 15.0. The van der Waals surface area contributed by atoms with Crippen molar-refractivity contribution in [2.45, 2.75) is 20.8 Å². The minimum Gasteiger partial charge on any atom is -0.358 e. The maximum atomic E-state index is 5.50. The van der Waals surface area contributed by atoms with Crippen molar-refractivity contribution in [2.75, 3.05) is 0 Å². The van der Waals surface area contributed by atoms with Crippen LogP contribution in [0.3, 0.4) is 0 Å². The van der Waals surface area contributed by atoms with Gasteiger partial charge in [0.2, 0.25) is 0 Å². The molecule has 1 aliphatic heterocycles. The minimum absolute atomic E-state index is 0.773. The number of pyridine rings is 1. The molecule has 0 fully saturated rings. The summed E-state index contributed by atoms with van der Waals surface area (Å²) in [5.41, 5.74) is 16.6. The first-order valence-electron chi connectivity index (χ1n) is 21.2. The molecular weight excluding hydrogens is 767 g/mol. The Kier molecular flexibility index (Phi) is 11.4. The lowest BCUT2D eigenvalue weighted by Gasteiger charge is -2.11. The number of nitrogens with one attached hydrogen (secondary N) is 2. The zero-order chi connectivity index (χ0) is 43.3. The lowest BCUT2D eigenvalue weighted by atomic mass is 9.99. The van der Waals surface area contributed by atoms with Crippen LogP contribution in [0.15, 0.2) is 177 Å². The van der Waals surface area contributed by atoms with Gasteiger partial charge < -0.3 is 9.97 Å². The maximum absolute atomic E-state index is 5.50. The topological polar surface area (TPSA) is 70.2 Å². The Morgan fingerprint density at radius 1 is 0.603 bits per heavy atom. The van der Waals surface area contributed by atoms with Gasteiger partial charge in [-0.25, -0.2) is 4.98 Å². The van der Waals surface area contributed by atoms with Crippen molar-refractivity contribution in [1.29, 1.82) is 0 Å². The van der Waals surface area contributed by atoms with E-state index < -0.39 is 0 Å². The molecule has 4 heterocycles. The molecule has 2 N–H and O–H groups in total. The van der Waals surface area contributed by atoms with Gasteiger partial charge in [-0.3, -0.25) is 9.97 Å². The van der Waals surface area contributed by atoms with E-state index in [0.717, 1.165) is 106 Å². The third kappa shape index (κ3) is 8.20. The van der Waals surface area contributed by atoms with Gasteiger partial charge in [0.15, 0.2) is 0 Å². The molecule has 5 aromatic carbocycles. The number of allylic oxidation sites excluding steroid dienone is 3. The quantitative estimate of drug-likeness (QED) is 0.150. The van der Waals surface area contributed by atoms with E-state index in [2.05, 4.69) is 177 Å². The van der Waals surface area contributed by atoms with Gasteiger partial charge in [0.1, 0.15) is 0 Å². The van der Waals surface area contributed by atoms with E-state index in [-0.39, 0.29) is 0 Å². The molecular formula is C58H47N5. The van der Waals surface area contributed by atoms with Crippen LogP contribution in [0.2, 0.25) is 0 Å². The molecule has 5 nitrogen and oxygen atoms in total. The zero-order valence-electron chi connectivity index (χ0n) is 35.7. The van der Waals surface area contributed by atoms with Crippen LogP contribution in [0, 0.1) is 13.8 Å². The fourth-order valence-corrected chi connectivity index (χ4v) is 8.33. The van der Waals surface area contributed by atoms with E-state index in [1.807, 2.05) is 61.8 Å². The summed E-state index contributed by atoms with van der Waals surface area (Å²) in [5, 5.41) is 3.35. The van der Waals surface area contributed by atoms with Crippen LogP contribution < -0.4 is 0 Å². The van der Waals surface area contributed by atoms with E-state index >= 15 is 0 Å². The summed E-state index contributed by atoms with van der Waals surface area (Å²) < 4.78 is 0. The van der Waals surface area contributed by atoms with Crippen molar-refractivity contribution >= 4 is 68.7 Å². The zero-order valence-corrected chi connectivity index (χ0v) is 35.7. The number of nitrogens with zero attached hydrogens (tertiary/aromatic N) is 3. The highest BCUT2D eigenvalue weighted by Crippen LogP contribution is 2.36. The number of hydrogen-bond donors (Lipinski definition) is 2. The fraction of sp³-hybridized carbons (Fsp3) is 0.0517. The van der Waals surface area contributed by atoms with Gasteiger partial charge in [-0.2, -0.15) is 0 Å². The molecule has 0 radical (unpaired) electrons. The van der Waals surface area contributed by atoms with Crippen LogP contribution in [0.4, 0.5) is 0 Å². The molecule has 0 spiro atoms. The Bertz CT molecular complexity index is 3360. The average molecular weight is 814 g/mol. The SMILES string of the molecule is C=C/C(=C\c1ccccc1C)c1c2nc(c(-c3cnc4ccccc4c3)c(C=C)[nH]c(C)c(-c3ccccc3)cnc(/C=C\C)c(-c3ccc4ccccc4c3)c3ccc1[nH]3)C=C2. The molecule has 0 saturated carbocycles. The van der Waals surface area contributed by atoms with Crippen molar-refractivity contribution in [2.24, 2.45) is 0 Å². The highest BCUT2D eigenvalue weighted by Gasteiger charge is 2.18. The summed E-state index contributed by atoms with van der Waals surface area (Å²) in [6, 6.07) is 48.5.